The van der Waals surface area contributed by atoms with E-state index < -0.39 is 0 Å². The Bertz CT molecular complexity index is 953. The third-order valence-corrected chi connectivity index (χ3v) is 7.24. The maximum Gasteiger partial charge on any atom is 0.338 e. The molecule has 0 saturated heterocycles. The van der Waals surface area contributed by atoms with E-state index >= 15 is 0 Å². The number of nitrogen functional groups attached to an aromatic ring is 1. The summed E-state index contributed by atoms with van der Waals surface area (Å²) < 4.78 is 5.29. The molecule has 7 heteroatoms. The number of nitrogens with two attached hydrogens (primary N) is 1. The highest BCUT2D eigenvalue weighted by Crippen LogP contribution is 2.56. The van der Waals surface area contributed by atoms with Crippen molar-refractivity contribution in [2.75, 3.05) is 23.0 Å². The minimum absolute atomic E-state index is 0.131. The van der Waals surface area contributed by atoms with Crippen LogP contribution in [0.15, 0.2) is 30.6 Å². The Morgan fingerprint density at radius 1 is 1.06 bits per heavy atom. The summed E-state index contributed by atoms with van der Waals surface area (Å²) in [7, 11) is 0. The van der Waals surface area contributed by atoms with E-state index in [-0.39, 0.29) is 11.5 Å². The number of nitrogens with one attached hydrogen (secondary N) is 2. The highest BCUT2D eigenvalue weighted by Gasteiger charge is 2.51. The van der Waals surface area contributed by atoms with Crippen molar-refractivity contribution in [3.8, 4) is 0 Å². The fourth-order valence-electron chi connectivity index (χ4n) is 6.26. The van der Waals surface area contributed by atoms with Gasteiger partial charge in [0.05, 0.1) is 12.2 Å². The summed E-state index contributed by atoms with van der Waals surface area (Å²) in [4.78, 5) is 21.0. The number of nitrogens with zero attached hydrogens (tertiary/aromatic N) is 2. The van der Waals surface area contributed by atoms with Gasteiger partial charge >= 0.3 is 5.97 Å². The van der Waals surface area contributed by atoms with E-state index in [1.54, 1.807) is 18.5 Å². The normalized spacial score (nSPS) is 28.0. The lowest BCUT2D eigenvalue weighted by molar-refractivity contribution is 0.0106. The quantitative estimate of drug-likeness (QED) is 0.526. The number of hydrogen-bond acceptors (Lipinski definition) is 7. The standard InChI is InChI=1S/C25H33N5O2/c1-15(2)13-32-24(31)19-3-5-20(6-4-19)29-22-21(26)23(28-14-27-22)30-25-10-16-7-17(11-25)9-18(8-16)12-25/h3-6,14-18H,7-13,26H2,1-2H3,(H2,27,28,29,30). The van der Waals surface area contributed by atoms with Crippen LogP contribution < -0.4 is 16.4 Å². The topological polar surface area (TPSA) is 102 Å². The summed E-state index contributed by atoms with van der Waals surface area (Å²) in [6.45, 7) is 4.44. The molecule has 0 radical (unpaired) electrons. The summed E-state index contributed by atoms with van der Waals surface area (Å²) in [6.07, 6.45) is 9.41. The first-order chi connectivity index (χ1) is 15.4. The van der Waals surface area contributed by atoms with Gasteiger partial charge in [0.25, 0.3) is 0 Å². The summed E-state index contributed by atoms with van der Waals surface area (Å²) in [6, 6.07) is 7.16. The molecule has 6 rings (SSSR count). The van der Waals surface area contributed by atoms with Gasteiger partial charge in [-0.3, -0.25) is 0 Å². The number of carbonyl (C=O) groups excluding carboxylic acids is 1. The Hall–Kier alpha value is -2.83. The lowest BCUT2D eigenvalue weighted by atomic mass is 9.53. The fraction of sp³-hybridized carbons (Fsp3) is 0.560. The number of carbonyl (C=O) groups is 1. The lowest BCUT2D eigenvalue weighted by Crippen LogP contribution is -2.55. The van der Waals surface area contributed by atoms with Crippen molar-refractivity contribution >= 4 is 29.0 Å². The highest BCUT2D eigenvalue weighted by molar-refractivity contribution is 5.90. The third-order valence-electron chi connectivity index (χ3n) is 7.24. The van der Waals surface area contributed by atoms with E-state index in [9.17, 15) is 4.79 Å². The number of ether oxygens (including phenoxy) is 1. The smallest absolute Gasteiger partial charge is 0.338 e. The van der Waals surface area contributed by atoms with Gasteiger partial charge in [-0.15, -0.1) is 0 Å². The zero-order valence-electron chi connectivity index (χ0n) is 18.9. The van der Waals surface area contributed by atoms with Crippen LogP contribution in [0.5, 0.6) is 0 Å². The monoisotopic (exact) mass is 435 g/mol. The first-order valence-corrected chi connectivity index (χ1v) is 11.8. The molecule has 1 aromatic carbocycles. The van der Waals surface area contributed by atoms with Crippen LogP contribution >= 0.6 is 0 Å². The average Bonchev–Trinajstić information content (AvgIpc) is 2.74. The molecular weight excluding hydrogens is 402 g/mol. The van der Waals surface area contributed by atoms with E-state index in [0.29, 0.717) is 29.6 Å². The largest absolute Gasteiger partial charge is 0.462 e. The Morgan fingerprint density at radius 3 is 2.25 bits per heavy atom. The SMILES string of the molecule is CC(C)COC(=O)c1ccc(Nc2ncnc(NC34CC5CC(CC(C5)C3)C4)c2N)cc1. The molecule has 0 aliphatic heterocycles. The van der Waals surface area contributed by atoms with Crippen molar-refractivity contribution < 1.29 is 9.53 Å². The predicted molar refractivity (Wildman–Crippen MR) is 126 cm³/mol. The molecule has 0 amide bonds. The molecule has 170 valence electrons. The summed E-state index contributed by atoms with van der Waals surface area (Å²) >= 11 is 0. The number of rotatable bonds is 7. The van der Waals surface area contributed by atoms with E-state index in [1.165, 1.54) is 38.5 Å². The van der Waals surface area contributed by atoms with Crippen molar-refractivity contribution in [3.05, 3.63) is 36.2 Å². The van der Waals surface area contributed by atoms with E-state index in [4.69, 9.17) is 10.5 Å². The maximum atomic E-state index is 12.1. The molecule has 32 heavy (non-hydrogen) atoms. The van der Waals surface area contributed by atoms with E-state index in [2.05, 4.69) is 20.6 Å². The van der Waals surface area contributed by atoms with Crippen LogP contribution in [0, 0.1) is 23.7 Å². The van der Waals surface area contributed by atoms with Crippen molar-refractivity contribution in [1.29, 1.82) is 0 Å². The van der Waals surface area contributed by atoms with Gasteiger partial charge in [-0.1, -0.05) is 13.8 Å². The van der Waals surface area contributed by atoms with Crippen LogP contribution in [0.2, 0.25) is 0 Å². The minimum Gasteiger partial charge on any atom is -0.462 e. The average molecular weight is 436 g/mol. The second kappa shape index (κ2) is 8.26. The second-order valence-corrected chi connectivity index (χ2v) is 10.5. The molecule has 0 unspecified atom stereocenters. The van der Waals surface area contributed by atoms with Crippen LogP contribution in [0.1, 0.15) is 62.7 Å². The number of hydrogen-bond donors (Lipinski definition) is 3. The molecule has 4 aliphatic carbocycles. The van der Waals surface area contributed by atoms with Crippen molar-refractivity contribution in [2.45, 2.75) is 57.9 Å². The molecule has 4 N–H and O–H groups in total. The zero-order valence-corrected chi connectivity index (χ0v) is 18.9. The Labute approximate surface area is 189 Å². The fourth-order valence-corrected chi connectivity index (χ4v) is 6.26. The maximum absolute atomic E-state index is 12.1. The van der Waals surface area contributed by atoms with Gasteiger partial charge in [0.2, 0.25) is 0 Å². The van der Waals surface area contributed by atoms with Gasteiger partial charge in [-0.2, -0.15) is 0 Å². The molecule has 0 atom stereocenters. The van der Waals surface area contributed by atoms with Gasteiger partial charge in [0.1, 0.15) is 12.0 Å². The van der Waals surface area contributed by atoms with Crippen LogP contribution in [0.25, 0.3) is 0 Å². The number of aromatic nitrogens is 2. The molecular formula is C25H33N5O2. The van der Waals surface area contributed by atoms with Crippen molar-refractivity contribution in [3.63, 3.8) is 0 Å². The molecule has 4 saturated carbocycles. The molecule has 1 aromatic heterocycles. The summed E-state index contributed by atoms with van der Waals surface area (Å²) in [5.41, 5.74) is 8.47. The molecule has 4 aliphatic rings. The number of benzene rings is 1. The van der Waals surface area contributed by atoms with Gasteiger partial charge < -0.3 is 21.1 Å². The van der Waals surface area contributed by atoms with E-state index in [1.807, 2.05) is 26.0 Å². The van der Waals surface area contributed by atoms with E-state index in [0.717, 1.165) is 29.3 Å². The number of esters is 1. The zero-order chi connectivity index (χ0) is 22.3. The van der Waals surface area contributed by atoms with Crippen molar-refractivity contribution in [2.24, 2.45) is 23.7 Å². The van der Waals surface area contributed by atoms with Crippen LogP contribution in [-0.2, 0) is 4.74 Å². The van der Waals surface area contributed by atoms with Gasteiger partial charge in [-0.25, -0.2) is 14.8 Å². The predicted octanol–water partition coefficient (Wildman–Crippen LogP) is 5.00. The van der Waals surface area contributed by atoms with Gasteiger partial charge in [-0.05, 0) is 86.5 Å². The van der Waals surface area contributed by atoms with Crippen LogP contribution in [0.3, 0.4) is 0 Å². The second-order valence-electron chi connectivity index (χ2n) is 10.5. The summed E-state index contributed by atoms with van der Waals surface area (Å²) in [5, 5.41) is 7.02. The molecule has 2 aromatic rings. The van der Waals surface area contributed by atoms with Crippen LogP contribution in [0.4, 0.5) is 23.0 Å². The number of anilines is 4. The van der Waals surface area contributed by atoms with Crippen molar-refractivity contribution in [1.82, 2.24) is 9.97 Å². The Morgan fingerprint density at radius 2 is 1.66 bits per heavy atom. The Balaban J connectivity index is 1.28. The minimum atomic E-state index is -0.311. The van der Waals surface area contributed by atoms with Crippen LogP contribution in [-0.4, -0.2) is 28.1 Å². The Kier molecular flexibility index (Phi) is 5.43. The highest BCUT2D eigenvalue weighted by atomic mass is 16.5. The first-order valence-electron chi connectivity index (χ1n) is 11.8. The van der Waals surface area contributed by atoms with Gasteiger partial charge in [0, 0.05) is 11.2 Å². The molecule has 4 bridgehead atoms. The molecule has 4 fully saturated rings. The summed E-state index contributed by atoms with van der Waals surface area (Å²) in [5.74, 6) is 3.83. The lowest BCUT2D eigenvalue weighted by Gasteiger charge is -2.57. The molecule has 7 nitrogen and oxygen atoms in total. The van der Waals surface area contributed by atoms with Gasteiger partial charge in [0.15, 0.2) is 11.6 Å². The molecule has 0 spiro atoms. The third kappa shape index (κ3) is 4.25. The first kappa shape index (κ1) is 21.0. The molecule has 1 heterocycles.